The van der Waals surface area contributed by atoms with Crippen LogP contribution in [0.4, 0.5) is 0 Å². The number of hydrogen-bond donors (Lipinski definition) is 1. The Morgan fingerprint density at radius 1 is 0.950 bits per heavy atom. The maximum atomic E-state index is 6.03. The molecule has 0 bridgehead atoms. The molecular formula is C18H22ClN. The van der Waals surface area contributed by atoms with Gasteiger partial charge in [0.1, 0.15) is 0 Å². The van der Waals surface area contributed by atoms with Crippen molar-refractivity contribution in [3.05, 3.63) is 70.7 Å². The Morgan fingerprint density at radius 3 is 2.35 bits per heavy atom. The summed E-state index contributed by atoms with van der Waals surface area (Å²) in [5, 5.41) is 4.37. The second kappa shape index (κ2) is 7.47. The lowest BCUT2D eigenvalue weighted by Crippen LogP contribution is -2.21. The van der Waals surface area contributed by atoms with Crippen molar-refractivity contribution in [1.82, 2.24) is 5.32 Å². The van der Waals surface area contributed by atoms with Crippen LogP contribution < -0.4 is 5.32 Å². The molecule has 0 saturated heterocycles. The van der Waals surface area contributed by atoms with E-state index in [0.29, 0.717) is 12.0 Å². The fourth-order valence-corrected chi connectivity index (χ4v) is 2.56. The molecule has 0 radical (unpaired) electrons. The monoisotopic (exact) mass is 287 g/mol. The third-order valence-corrected chi connectivity index (χ3v) is 3.98. The standard InChI is InChI=1S/C18H22ClN/c1-14(16-7-4-3-5-8-16)11-12-20-15(2)17-9-6-10-18(19)13-17/h3-10,13-15,20H,11-12H2,1-2H3. The molecular weight excluding hydrogens is 266 g/mol. The average Bonchev–Trinajstić information content (AvgIpc) is 2.48. The van der Waals surface area contributed by atoms with Crippen LogP contribution in [0.25, 0.3) is 0 Å². The highest BCUT2D eigenvalue weighted by molar-refractivity contribution is 6.30. The lowest BCUT2D eigenvalue weighted by molar-refractivity contribution is 0.531. The SMILES string of the molecule is CC(CCNC(C)c1cccc(Cl)c1)c1ccccc1. The van der Waals surface area contributed by atoms with Crippen molar-refractivity contribution in [1.29, 1.82) is 0 Å². The molecule has 2 atom stereocenters. The molecule has 0 fully saturated rings. The van der Waals surface area contributed by atoms with Gasteiger partial charge in [-0.25, -0.2) is 0 Å². The van der Waals surface area contributed by atoms with Gasteiger partial charge in [-0.3, -0.25) is 0 Å². The highest BCUT2D eigenvalue weighted by atomic mass is 35.5. The molecule has 1 nitrogen and oxygen atoms in total. The van der Waals surface area contributed by atoms with Gasteiger partial charge in [0.05, 0.1) is 0 Å². The van der Waals surface area contributed by atoms with Crippen LogP contribution >= 0.6 is 11.6 Å². The van der Waals surface area contributed by atoms with Crippen LogP contribution in [0.15, 0.2) is 54.6 Å². The first-order valence-electron chi connectivity index (χ1n) is 7.20. The average molecular weight is 288 g/mol. The van der Waals surface area contributed by atoms with Crippen molar-refractivity contribution in [3.8, 4) is 0 Å². The summed E-state index contributed by atoms with van der Waals surface area (Å²) in [6, 6.07) is 19.1. The summed E-state index contributed by atoms with van der Waals surface area (Å²) in [6.07, 6.45) is 1.13. The van der Waals surface area contributed by atoms with E-state index in [1.165, 1.54) is 11.1 Å². The Labute approximate surface area is 127 Å². The van der Waals surface area contributed by atoms with Crippen LogP contribution in [0.5, 0.6) is 0 Å². The molecule has 0 aromatic heterocycles. The predicted octanol–water partition coefficient (Wildman–Crippen LogP) is 5.18. The molecule has 0 saturated carbocycles. The number of benzene rings is 2. The Morgan fingerprint density at radius 2 is 1.65 bits per heavy atom. The minimum absolute atomic E-state index is 0.330. The minimum Gasteiger partial charge on any atom is -0.310 e. The number of halogens is 1. The van der Waals surface area contributed by atoms with Crippen LogP contribution in [-0.2, 0) is 0 Å². The third-order valence-electron chi connectivity index (χ3n) is 3.75. The fraction of sp³-hybridized carbons (Fsp3) is 0.333. The minimum atomic E-state index is 0.330. The quantitative estimate of drug-likeness (QED) is 0.771. The Hall–Kier alpha value is -1.31. The number of nitrogens with one attached hydrogen (secondary N) is 1. The first kappa shape index (κ1) is 15.1. The van der Waals surface area contributed by atoms with E-state index in [0.717, 1.165) is 18.0 Å². The van der Waals surface area contributed by atoms with E-state index in [-0.39, 0.29) is 0 Å². The van der Waals surface area contributed by atoms with E-state index in [1.807, 2.05) is 18.2 Å². The molecule has 20 heavy (non-hydrogen) atoms. The van der Waals surface area contributed by atoms with Gasteiger partial charge in [0.25, 0.3) is 0 Å². The third kappa shape index (κ3) is 4.36. The molecule has 0 spiro atoms. The summed E-state index contributed by atoms with van der Waals surface area (Å²) in [4.78, 5) is 0. The van der Waals surface area contributed by atoms with E-state index in [2.05, 4.69) is 55.6 Å². The summed E-state index contributed by atoms with van der Waals surface area (Å²) in [6.45, 7) is 5.46. The van der Waals surface area contributed by atoms with E-state index in [4.69, 9.17) is 11.6 Å². The molecule has 0 heterocycles. The molecule has 2 unspecified atom stereocenters. The van der Waals surface area contributed by atoms with Gasteiger partial charge >= 0.3 is 0 Å². The van der Waals surface area contributed by atoms with Gasteiger partial charge in [0, 0.05) is 11.1 Å². The molecule has 2 heteroatoms. The van der Waals surface area contributed by atoms with Crippen LogP contribution in [0.2, 0.25) is 5.02 Å². The normalized spacial score (nSPS) is 13.9. The Bertz CT molecular complexity index is 524. The zero-order valence-electron chi connectivity index (χ0n) is 12.1. The molecule has 2 aromatic rings. The topological polar surface area (TPSA) is 12.0 Å². The summed E-state index contributed by atoms with van der Waals surface area (Å²) in [5.41, 5.74) is 2.65. The summed E-state index contributed by atoms with van der Waals surface area (Å²) < 4.78 is 0. The van der Waals surface area contributed by atoms with Crippen LogP contribution in [-0.4, -0.2) is 6.54 Å². The zero-order valence-corrected chi connectivity index (χ0v) is 12.9. The largest absolute Gasteiger partial charge is 0.310 e. The van der Waals surface area contributed by atoms with Gasteiger partial charge < -0.3 is 5.32 Å². The highest BCUT2D eigenvalue weighted by Gasteiger charge is 2.08. The molecule has 2 rings (SSSR count). The van der Waals surface area contributed by atoms with Gasteiger partial charge in [0.15, 0.2) is 0 Å². The van der Waals surface area contributed by atoms with E-state index in [9.17, 15) is 0 Å². The first-order chi connectivity index (χ1) is 9.66. The molecule has 2 aromatic carbocycles. The van der Waals surface area contributed by atoms with Gasteiger partial charge in [-0.15, -0.1) is 0 Å². The molecule has 106 valence electrons. The van der Waals surface area contributed by atoms with Crippen molar-refractivity contribution in [2.24, 2.45) is 0 Å². The molecule has 0 aliphatic rings. The first-order valence-corrected chi connectivity index (χ1v) is 7.58. The summed E-state index contributed by atoms with van der Waals surface area (Å²) in [7, 11) is 0. The second-order valence-corrected chi connectivity index (χ2v) is 5.77. The Kier molecular flexibility index (Phi) is 5.63. The van der Waals surface area contributed by atoms with Crippen LogP contribution in [0.1, 0.15) is 43.4 Å². The lowest BCUT2D eigenvalue weighted by atomic mass is 9.98. The highest BCUT2D eigenvalue weighted by Crippen LogP contribution is 2.20. The van der Waals surface area contributed by atoms with Crippen molar-refractivity contribution in [3.63, 3.8) is 0 Å². The van der Waals surface area contributed by atoms with Gasteiger partial charge in [-0.1, -0.05) is 61.0 Å². The maximum Gasteiger partial charge on any atom is 0.0409 e. The van der Waals surface area contributed by atoms with E-state index < -0.39 is 0 Å². The molecule has 1 N–H and O–H groups in total. The van der Waals surface area contributed by atoms with Crippen molar-refractivity contribution in [2.45, 2.75) is 32.2 Å². The van der Waals surface area contributed by atoms with Crippen LogP contribution in [0, 0.1) is 0 Å². The summed E-state index contributed by atoms with van der Waals surface area (Å²) >= 11 is 6.03. The smallest absolute Gasteiger partial charge is 0.0409 e. The predicted molar refractivity (Wildman–Crippen MR) is 87.3 cm³/mol. The van der Waals surface area contributed by atoms with E-state index >= 15 is 0 Å². The fourth-order valence-electron chi connectivity index (χ4n) is 2.36. The van der Waals surface area contributed by atoms with E-state index in [1.54, 1.807) is 0 Å². The molecule has 0 amide bonds. The van der Waals surface area contributed by atoms with Crippen molar-refractivity contribution < 1.29 is 0 Å². The van der Waals surface area contributed by atoms with Gasteiger partial charge in [0.2, 0.25) is 0 Å². The lowest BCUT2D eigenvalue weighted by Gasteiger charge is -2.17. The number of hydrogen-bond acceptors (Lipinski definition) is 1. The summed E-state index contributed by atoms with van der Waals surface area (Å²) in [5.74, 6) is 0.579. The Balaban J connectivity index is 1.81. The van der Waals surface area contributed by atoms with Gasteiger partial charge in [-0.05, 0) is 49.1 Å². The molecule has 0 aliphatic carbocycles. The van der Waals surface area contributed by atoms with Crippen molar-refractivity contribution >= 4 is 11.6 Å². The van der Waals surface area contributed by atoms with Crippen molar-refractivity contribution in [2.75, 3.05) is 6.54 Å². The number of rotatable bonds is 6. The van der Waals surface area contributed by atoms with Crippen LogP contribution in [0.3, 0.4) is 0 Å². The van der Waals surface area contributed by atoms with Gasteiger partial charge in [-0.2, -0.15) is 0 Å². The molecule has 0 aliphatic heterocycles. The zero-order chi connectivity index (χ0) is 14.4. The second-order valence-electron chi connectivity index (χ2n) is 5.33. The maximum absolute atomic E-state index is 6.03.